The molecule has 13 heavy (non-hydrogen) atoms. The van der Waals surface area contributed by atoms with Crippen molar-refractivity contribution in [1.82, 2.24) is 0 Å². The number of nitrogens with zero attached hydrogens (tertiary/aromatic N) is 1. The highest BCUT2D eigenvalue weighted by Gasteiger charge is 2.03. The summed E-state index contributed by atoms with van der Waals surface area (Å²) in [6.45, 7) is 3.29. The monoisotopic (exact) mass is 179 g/mol. The van der Waals surface area contributed by atoms with Gasteiger partial charge in [-0.2, -0.15) is 0 Å². The Morgan fingerprint density at radius 3 is 2.62 bits per heavy atom. The number of rotatable bonds is 4. The number of hydrogen-bond acceptors (Lipinski definition) is 2. The summed E-state index contributed by atoms with van der Waals surface area (Å²) < 4.78 is 0. The van der Waals surface area contributed by atoms with Crippen LogP contribution in [-0.2, 0) is 6.61 Å². The van der Waals surface area contributed by atoms with Gasteiger partial charge in [-0.3, -0.25) is 0 Å². The van der Waals surface area contributed by atoms with E-state index in [0.717, 1.165) is 24.2 Å². The van der Waals surface area contributed by atoms with E-state index in [1.165, 1.54) is 0 Å². The molecule has 0 aliphatic heterocycles. The summed E-state index contributed by atoms with van der Waals surface area (Å²) in [5, 5.41) is 9.11. The molecular formula is C11H17NO. The quantitative estimate of drug-likeness (QED) is 0.764. The van der Waals surface area contributed by atoms with Gasteiger partial charge in [-0.05, 0) is 12.5 Å². The van der Waals surface area contributed by atoms with Crippen LogP contribution in [0, 0.1) is 0 Å². The van der Waals surface area contributed by atoms with E-state index in [4.69, 9.17) is 5.11 Å². The lowest BCUT2D eigenvalue weighted by molar-refractivity contribution is 0.282. The molecule has 72 valence electrons. The zero-order valence-electron chi connectivity index (χ0n) is 8.33. The highest BCUT2D eigenvalue weighted by atomic mass is 16.3. The van der Waals surface area contributed by atoms with Crippen molar-refractivity contribution in [3.63, 3.8) is 0 Å². The maximum absolute atomic E-state index is 9.11. The number of aliphatic hydroxyl groups excluding tert-OH is 1. The topological polar surface area (TPSA) is 23.5 Å². The second kappa shape index (κ2) is 4.87. The third-order valence-electron chi connectivity index (χ3n) is 2.13. The van der Waals surface area contributed by atoms with Gasteiger partial charge >= 0.3 is 0 Å². The zero-order valence-corrected chi connectivity index (χ0v) is 8.33. The molecule has 0 aromatic heterocycles. The molecule has 0 spiro atoms. The van der Waals surface area contributed by atoms with Crippen LogP contribution in [0.15, 0.2) is 24.3 Å². The Morgan fingerprint density at radius 2 is 2.00 bits per heavy atom. The van der Waals surface area contributed by atoms with Gasteiger partial charge in [0.25, 0.3) is 0 Å². The molecule has 0 heterocycles. The zero-order chi connectivity index (χ0) is 9.68. The fourth-order valence-electron chi connectivity index (χ4n) is 1.47. The van der Waals surface area contributed by atoms with Crippen LogP contribution in [0.5, 0.6) is 0 Å². The van der Waals surface area contributed by atoms with E-state index in [-0.39, 0.29) is 6.61 Å². The summed E-state index contributed by atoms with van der Waals surface area (Å²) in [4.78, 5) is 2.17. The van der Waals surface area contributed by atoms with Crippen molar-refractivity contribution >= 4 is 5.69 Å². The van der Waals surface area contributed by atoms with Crippen molar-refractivity contribution < 1.29 is 5.11 Å². The average molecular weight is 179 g/mol. The minimum Gasteiger partial charge on any atom is -0.392 e. The van der Waals surface area contributed by atoms with Crippen molar-refractivity contribution in [2.75, 3.05) is 18.5 Å². The molecule has 1 aromatic rings. The fraction of sp³-hybridized carbons (Fsp3) is 0.455. The average Bonchev–Trinajstić information content (AvgIpc) is 2.18. The van der Waals surface area contributed by atoms with Crippen LogP contribution >= 0.6 is 0 Å². The second-order valence-electron chi connectivity index (χ2n) is 3.21. The predicted octanol–water partition coefficient (Wildman–Crippen LogP) is 2.03. The molecule has 2 heteroatoms. The number of para-hydroxylation sites is 1. The lowest BCUT2D eigenvalue weighted by Gasteiger charge is -2.20. The molecule has 1 aromatic carbocycles. The molecule has 0 aliphatic rings. The van der Waals surface area contributed by atoms with Crippen LogP contribution in [-0.4, -0.2) is 18.7 Å². The van der Waals surface area contributed by atoms with Crippen LogP contribution in [0.4, 0.5) is 5.69 Å². The molecule has 1 rings (SSSR count). The maximum atomic E-state index is 9.11. The number of aliphatic hydroxyl groups is 1. The first-order valence-electron chi connectivity index (χ1n) is 4.69. The Kier molecular flexibility index (Phi) is 3.77. The van der Waals surface area contributed by atoms with Crippen LogP contribution in [0.2, 0.25) is 0 Å². The lowest BCUT2D eigenvalue weighted by atomic mass is 10.1. The summed E-state index contributed by atoms with van der Waals surface area (Å²) in [6, 6.07) is 7.96. The van der Waals surface area contributed by atoms with Gasteiger partial charge < -0.3 is 10.0 Å². The van der Waals surface area contributed by atoms with E-state index in [1.54, 1.807) is 0 Å². The minimum atomic E-state index is 0.115. The largest absolute Gasteiger partial charge is 0.392 e. The van der Waals surface area contributed by atoms with Crippen LogP contribution in [0.25, 0.3) is 0 Å². The van der Waals surface area contributed by atoms with E-state index >= 15 is 0 Å². The summed E-state index contributed by atoms with van der Waals surface area (Å²) in [5.41, 5.74) is 2.13. The van der Waals surface area contributed by atoms with Gasteiger partial charge in [-0.1, -0.05) is 25.1 Å². The summed E-state index contributed by atoms with van der Waals surface area (Å²) >= 11 is 0. The molecule has 2 nitrogen and oxygen atoms in total. The molecule has 0 unspecified atom stereocenters. The number of anilines is 1. The molecule has 0 fully saturated rings. The standard InChI is InChI=1S/C11H17NO/c1-3-8-12(2)11-7-5-4-6-10(11)9-13/h4-7,13H,3,8-9H2,1-2H3. The molecular weight excluding hydrogens is 162 g/mol. The Morgan fingerprint density at radius 1 is 1.31 bits per heavy atom. The summed E-state index contributed by atoms with van der Waals surface area (Å²) in [7, 11) is 2.05. The van der Waals surface area contributed by atoms with Crippen molar-refractivity contribution in [2.24, 2.45) is 0 Å². The highest BCUT2D eigenvalue weighted by Crippen LogP contribution is 2.18. The summed E-state index contributed by atoms with van der Waals surface area (Å²) in [5.74, 6) is 0. The molecule has 0 saturated heterocycles. The lowest BCUT2D eigenvalue weighted by Crippen LogP contribution is -2.19. The fourth-order valence-corrected chi connectivity index (χ4v) is 1.47. The highest BCUT2D eigenvalue weighted by molar-refractivity contribution is 5.52. The van der Waals surface area contributed by atoms with Crippen LogP contribution in [0.1, 0.15) is 18.9 Å². The van der Waals surface area contributed by atoms with E-state index in [1.807, 2.05) is 24.3 Å². The first-order chi connectivity index (χ1) is 6.29. The molecule has 0 amide bonds. The molecule has 0 radical (unpaired) electrons. The first kappa shape index (κ1) is 10.1. The van der Waals surface area contributed by atoms with Crippen molar-refractivity contribution in [2.45, 2.75) is 20.0 Å². The summed E-state index contributed by atoms with van der Waals surface area (Å²) in [6.07, 6.45) is 1.12. The molecule has 1 N–H and O–H groups in total. The predicted molar refractivity (Wildman–Crippen MR) is 55.9 cm³/mol. The Labute approximate surface area is 79.8 Å². The van der Waals surface area contributed by atoms with Gasteiger partial charge in [0.1, 0.15) is 0 Å². The van der Waals surface area contributed by atoms with Crippen molar-refractivity contribution in [1.29, 1.82) is 0 Å². The van der Waals surface area contributed by atoms with Gasteiger partial charge in [0, 0.05) is 24.8 Å². The number of benzene rings is 1. The smallest absolute Gasteiger partial charge is 0.0702 e. The Bertz CT molecular complexity index is 260. The SMILES string of the molecule is CCCN(C)c1ccccc1CO. The Balaban J connectivity index is 2.85. The first-order valence-corrected chi connectivity index (χ1v) is 4.69. The number of hydrogen-bond donors (Lipinski definition) is 1. The molecule has 0 atom stereocenters. The van der Waals surface area contributed by atoms with Crippen LogP contribution < -0.4 is 4.90 Å². The maximum Gasteiger partial charge on any atom is 0.0702 e. The van der Waals surface area contributed by atoms with E-state index < -0.39 is 0 Å². The van der Waals surface area contributed by atoms with Gasteiger partial charge in [0.05, 0.1) is 6.61 Å². The van der Waals surface area contributed by atoms with Crippen LogP contribution in [0.3, 0.4) is 0 Å². The molecule has 0 aliphatic carbocycles. The second-order valence-corrected chi connectivity index (χ2v) is 3.21. The van der Waals surface area contributed by atoms with Gasteiger partial charge in [-0.25, -0.2) is 0 Å². The van der Waals surface area contributed by atoms with Crippen molar-refractivity contribution in [3.8, 4) is 0 Å². The third-order valence-corrected chi connectivity index (χ3v) is 2.13. The van der Waals surface area contributed by atoms with E-state index in [2.05, 4.69) is 18.9 Å². The third kappa shape index (κ3) is 2.46. The van der Waals surface area contributed by atoms with Gasteiger partial charge in [-0.15, -0.1) is 0 Å². The van der Waals surface area contributed by atoms with E-state index in [0.29, 0.717) is 0 Å². The van der Waals surface area contributed by atoms with Gasteiger partial charge in [0.15, 0.2) is 0 Å². The molecule has 0 bridgehead atoms. The van der Waals surface area contributed by atoms with Crippen molar-refractivity contribution in [3.05, 3.63) is 29.8 Å². The van der Waals surface area contributed by atoms with Gasteiger partial charge in [0.2, 0.25) is 0 Å². The van der Waals surface area contributed by atoms with E-state index in [9.17, 15) is 0 Å². The molecule has 0 saturated carbocycles. The minimum absolute atomic E-state index is 0.115. The Hall–Kier alpha value is -1.02. The normalized spacial score (nSPS) is 10.1.